The van der Waals surface area contributed by atoms with Crippen molar-refractivity contribution in [2.24, 2.45) is 0 Å². The number of halogens is 1. The summed E-state index contributed by atoms with van der Waals surface area (Å²) >= 11 is 9.34. The van der Waals surface area contributed by atoms with Gasteiger partial charge in [0.1, 0.15) is 10.3 Å². The number of nitrogens with zero attached hydrogens (tertiary/aromatic N) is 1. The van der Waals surface area contributed by atoms with Crippen LogP contribution in [0.2, 0.25) is 0 Å². The first-order chi connectivity index (χ1) is 16.7. The molecule has 4 heterocycles. The lowest BCUT2D eigenvalue weighted by Gasteiger charge is -2.33. The van der Waals surface area contributed by atoms with E-state index in [1.807, 2.05) is 34.4 Å². The maximum Gasteiger partial charge on any atom is 0.103 e. The van der Waals surface area contributed by atoms with Crippen molar-refractivity contribution in [3.05, 3.63) is 94.7 Å². The lowest BCUT2D eigenvalue weighted by Crippen LogP contribution is -2.27. The largest absolute Gasteiger partial charge is 0.368 e. The summed E-state index contributed by atoms with van der Waals surface area (Å²) in [6.07, 6.45) is 9.03. The lowest BCUT2D eigenvalue weighted by atomic mass is 10.1. The Kier molecular flexibility index (Phi) is 5.09. The minimum absolute atomic E-state index is 0.171. The molecule has 0 spiro atoms. The number of anilines is 3. The second-order valence-electron chi connectivity index (χ2n) is 8.29. The second-order valence-corrected chi connectivity index (χ2v) is 12.6. The van der Waals surface area contributed by atoms with Gasteiger partial charge in [0, 0.05) is 41.3 Å². The third-order valence-electron chi connectivity index (χ3n) is 6.19. The highest BCUT2D eigenvalue weighted by Crippen LogP contribution is 2.48. The summed E-state index contributed by atoms with van der Waals surface area (Å²) < 4.78 is 2.65. The van der Waals surface area contributed by atoms with E-state index in [1.165, 1.54) is 51.9 Å². The number of thioether (sulfide) groups is 1. The van der Waals surface area contributed by atoms with E-state index in [1.54, 1.807) is 0 Å². The van der Waals surface area contributed by atoms with Gasteiger partial charge in [0.25, 0.3) is 0 Å². The number of para-hydroxylation sites is 1. The van der Waals surface area contributed by atoms with Gasteiger partial charge in [-0.15, -0.1) is 22.7 Å². The zero-order valence-corrected chi connectivity index (χ0v) is 22.0. The molecule has 0 saturated carbocycles. The number of alkyl halides is 1. The third kappa shape index (κ3) is 3.43. The van der Waals surface area contributed by atoms with E-state index in [0.717, 1.165) is 0 Å². The number of benzene rings is 3. The first kappa shape index (κ1) is 20.8. The number of hydrogen-bond acceptors (Lipinski definition) is 5. The highest BCUT2D eigenvalue weighted by atomic mass is 79.9. The molecule has 0 radical (unpaired) electrons. The van der Waals surface area contributed by atoms with Gasteiger partial charge in [0.2, 0.25) is 0 Å². The summed E-state index contributed by atoms with van der Waals surface area (Å²) in [6.45, 7) is 0. The number of fused-ring (bicyclic) bond motifs is 6. The molecule has 6 heteroatoms. The molecule has 7 rings (SSSR count). The van der Waals surface area contributed by atoms with Gasteiger partial charge in [-0.3, -0.25) is 0 Å². The van der Waals surface area contributed by atoms with Gasteiger partial charge >= 0.3 is 0 Å². The van der Waals surface area contributed by atoms with Crippen molar-refractivity contribution in [3.63, 3.8) is 0 Å². The van der Waals surface area contributed by atoms with Crippen molar-refractivity contribution in [3.8, 4) is 0 Å². The van der Waals surface area contributed by atoms with Gasteiger partial charge in [0.15, 0.2) is 0 Å². The van der Waals surface area contributed by atoms with E-state index in [4.69, 9.17) is 0 Å². The Morgan fingerprint density at radius 3 is 2.44 bits per heavy atom. The van der Waals surface area contributed by atoms with E-state index in [0.29, 0.717) is 0 Å². The van der Waals surface area contributed by atoms with Crippen LogP contribution in [0.15, 0.2) is 89.8 Å². The van der Waals surface area contributed by atoms with Crippen LogP contribution in [0.25, 0.3) is 32.3 Å². The maximum absolute atomic E-state index is 3.66. The molecule has 0 fully saturated rings. The predicted molar refractivity (Wildman–Crippen MR) is 156 cm³/mol. The zero-order chi connectivity index (χ0) is 22.6. The Morgan fingerprint density at radius 2 is 1.53 bits per heavy atom. The molecule has 2 aliphatic heterocycles. The van der Waals surface area contributed by atoms with E-state index in [2.05, 4.69) is 123 Å². The molecular formula is C28H19BrN2S3. The molecule has 1 N–H and O–H groups in total. The molecule has 0 saturated heterocycles. The molecular weight excluding hydrogens is 540 g/mol. The van der Waals surface area contributed by atoms with Gasteiger partial charge in [0.05, 0.1) is 10.6 Å². The van der Waals surface area contributed by atoms with Crippen LogP contribution < -0.4 is 10.2 Å². The molecule has 2 unspecified atom stereocenters. The predicted octanol–water partition coefficient (Wildman–Crippen LogP) is 9.56. The van der Waals surface area contributed by atoms with Crippen molar-refractivity contribution in [1.29, 1.82) is 0 Å². The quantitative estimate of drug-likeness (QED) is 0.175. The van der Waals surface area contributed by atoms with E-state index in [9.17, 15) is 0 Å². The fourth-order valence-electron chi connectivity index (χ4n) is 4.65. The summed E-state index contributed by atoms with van der Waals surface area (Å²) in [5.74, 6) is 0. The molecule has 2 aliphatic rings. The first-order valence-electron chi connectivity index (χ1n) is 11.1. The molecule has 2 nitrogen and oxygen atoms in total. The van der Waals surface area contributed by atoms with Gasteiger partial charge in [-0.2, -0.15) is 0 Å². The number of thiophene rings is 2. The Bertz CT molecular complexity index is 1600. The standard InChI is InChI=1S/C28H19BrN2S3/c29-25-14-12-22-27(30-25)19-11-10-18(16-24(19)33-22)31(17-6-2-1-3-7-17)26-15-13-23-28(34-26)20-8-4-5-9-21(20)32-23/h1-16,25-26,30H. The molecule has 5 aromatic rings. The van der Waals surface area contributed by atoms with Gasteiger partial charge < -0.3 is 10.2 Å². The Morgan fingerprint density at radius 1 is 0.735 bits per heavy atom. The van der Waals surface area contributed by atoms with Crippen LogP contribution in [0.1, 0.15) is 9.75 Å². The van der Waals surface area contributed by atoms with Gasteiger partial charge in [-0.1, -0.05) is 70.2 Å². The van der Waals surface area contributed by atoms with Crippen LogP contribution in [-0.2, 0) is 0 Å². The average molecular weight is 560 g/mol. The topological polar surface area (TPSA) is 15.3 Å². The Balaban J connectivity index is 1.34. The van der Waals surface area contributed by atoms with Crippen LogP contribution in [0, 0.1) is 0 Å². The minimum Gasteiger partial charge on any atom is -0.368 e. The summed E-state index contributed by atoms with van der Waals surface area (Å²) in [7, 11) is 0. The molecule has 34 heavy (non-hydrogen) atoms. The molecule has 2 aromatic heterocycles. The van der Waals surface area contributed by atoms with Crippen molar-refractivity contribution in [1.82, 2.24) is 0 Å². The fraction of sp³-hybridized carbons (Fsp3) is 0.0714. The summed E-state index contributed by atoms with van der Waals surface area (Å²) in [5.41, 5.74) is 3.64. The third-order valence-corrected chi connectivity index (χ3v) is 10.4. The van der Waals surface area contributed by atoms with Crippen molar-refractivity contribution >= 4 is 99.8 Å². The number of nitrogens with one attached hydrogen (secondary N) is 1. The Labute approximate surface area is 218 Å². The molecule has 166 valence electrons. The van der Waals surface area contributed by atoms with E-state index >= 15 is 0 Å². The molecule has 2 atom stereocenters. The second kappa shape index (κ2) is 8.31. The normalized spacial score (nSPS) is 18.6. The number of rotatable bonds is 3. The fourth-order valence-corrected chi connectivity index (χ4v) is 8.73. The number of hydrogen-bond donors (Lipinski definition) is 1. The monoisotopic (exact) mass is 558 g/mol. The zero-order valence-electron chi connectivity index (χ0n) is 17.9. The highest BCUT2D eigenvalue weighted by Gasteiger charge is 2.27. The molecule has 0 bridgehead atoms. The Hall–Kier alpha value is -2.51. The summed E-state index contributed by atoms with van der Waals surface area (Å²) in [6, 6.07) is 26.4. The molecule has 0 amide bonds. The van der Waals surface area contributed by atoms with E-state index < -0.39 is 0 Å². The SMILES string of the molecule is BrC1C=Cc2sc3cc(N(c4ccccc4)C4C=Cc5sc6ccccc6c5S4)ccc3c2N1. The summed E-state index contributed by atoms with van der Waals surface area (Å²) in [4.78, 5) is 6.68. The highest BCUT2D eigenvalue weighted by molar-refractivity contribution is 9.09. The van der Waals surface area contributed by atoms with Crippen LogP contribution >= 0.6 is 50.4 Å². The first-order valence-corrected chi connectivity index (χ1v) is 14.5. The van der Waals surface area contributed by atoms with Crippen molar-refractivity contribution in [2.75, 3.05) is 10.2 Å². The smallest absolute Gasteiger partial charge is 0.103 e. The molecule has 3 aromatic carbocycles. The van der Waals surface area contributed by atoms with E-state index in [-0.39, 0.29) is 10.3 Å². The van der Waals surface area contributed by atoms with Gasteiger partial charge in [-0.25, -0.2) is 0 Å². The molecule has 0 aliphatic carbocycles. The van der Waals surface area contributed by atoms with Crippen LogP contribution in [0.4, 0.5) is 17.1 Å². The maximum atomic E-state index is 3.66. The lowest BCUT2D eigenvalue weighted by molar-refractivity contribution is 1.04. The van der Waals surface area contributed by atoms with Crippen molar-refractivity contribution in [2.45, 2.75) is 15.2 Å². The van der Waals surface area contributed by atoms with Crippen molar-refractivity contribution < 1.29 is 0 Å². The minimum atomic E-state index is 0.171. The average Bonchev–Trinajstić information content (AvgIpc) is 3.42. The van der Waals surface area contributed by atoms with Gasteiger partial charge in [-0.05, 0) is 54.6 Å². The van der Waals surface area contributed by atoms with Crippen LogP contribution in [0.3, 0.4) is 0 Å². The van der Waals surface area contributed by atoms with Crippen LogP contribution in [-0.4, -0.2) is 10.3 Å². The van der Waals surface area contributed by atoms with Crippen LogP contribution in [0.5, 0.6) is 0 Å². The summed E-state index contributed by atoms with van der Waals surface area (Å²) in [5, 5.41) is 6.38.